The fraction of sp³-hybridized carbons (Fsp3) is 0.357. The molecule has 0 saturated carbocycles. The van der Waals surface area contributed by atoms with E-state index in [1.54, 1.807) is 12.2 Å². The minimum Gasteiger partial charge on any atom is -0.545 e. The van der Waals surface area contributed by atoms with Gasteiger partial charge in [0.2, 0.25) is 0 Å². The van der Waals surface area contributed by atoms with Crippen LogP contribution in [-0.4, -0.2) is 41.3 Å². The average Bonchev–Trinajstić information content (AvgIpc) is 3.70. The summed E-state index contributed by atoms with van der Waals surface area (Å²) in [5.41, 5.74) is 6.84. The van der Waals surface area contributed by atoms with Crippen LogP contribution in [0.2, 0.25) is 0 Å². The SMILES string of the molecule is CCC(CC)C(=[OH+])/C=C(\O)C(CC)CC.CCC(CC)C(=[OH+])/C=C(\O)C(CC)CC.[Pt].[Pt].[c-]1ccc2c(oc3c(-c4ccc5ccccc5n4)[c-]ccc32)c1-c1ccc2ccccc2n1. The molecule has 7 nitrogen and oxygen atoms in total. The predicted octanol–water partition coefficient (Wildman–Crippen LogP) is 15.3. The minimum absolute atomic E-state index is 0. The van der Waals surface area contributed by atoms with Gasteiger partial charge in [-0.2, -0.15) is 0 Å². The first-order valence-corrected chi connectivity index (χ1v) is 23.0. The number of rotatable bonds is 16. The summed E-state index contributed by atoms with van der Waals surface area (Å²) in [5.74, 6) is 2.02. The van der Waals surface area contributed by atoms with Gasteiger partial charge >= 0.3 is 11.6 Å². The number of nitrogens with zero attached hydrogens (tertiary/aromatic N) is 2. The van der Waals surface area contributed by atoms with Gasteiger partial charge in [0.05, 0.1) is 35.0 Å². The first kappa shape index (κ1) is 54.6. The maximum absolute atomic E-state index is 9.80. The van der Waals surface area contributed by atoms with Crippen molar-refractivity contribution < 1.29 is 66.3 Å². The molecule has 7 rings (SSSR count). The number of hydrogen-bond acceptors (Lipinski definition) is 5. The molecular formula is C56H66N2O5Pt2. The van der Waals surface area contributed by atoms with E-state index in [2.05, 4.69) is 36.4 Å². The Morgan fingerprint density at radius 3 is 1.18 bits per heavy atom. The van der Waals surface area contributed by atoms with Crippen LogP contribution < -0.4 is 0 Å². The van der Waals surface area contributed by atoms with Crippen LogP contribution in [0.25, 0.3) is 66.3 Å². The topological polar surface area (TPSA) is 122 Å². The maximum Gasteiger partial charge on any atom is 0.322 e. The molecule has 4 N–H and O–H groups in total. The summed E-state index contributed by atoms with van der Waals surface area (Å²) in [7, 11) is 0. The predicted molar refractivity (Wildman–Crippen MR) is 264 cm³/mol. The van der Waals surface area contributed by atoms with E-state index >= 15 is 0 Å². The number of aliphatic hydroxyl groups excluding tert-OH is 2. The second kappa shape index (κ2) is 27.1. The third kappa shape index (κ3) is 13.7. The van der Waals surface area contributed by atoms with Crippen molar-refractivity contribution in [3.05, 3.63) is 133 Å². The molecule has 65 heavy (non-hydrogen) atoms. The summed E-state index contributed by atoms with van der Waals surface area (Å²) in [6.45, 7) is 16.4. The summed E-state index contributed by atoms with van der Waals surface area (Å²) in [6, 6.07) is 39.1. The Morgan fingerprint density at radius 2 is 0.846 bits per heavy atom. The number of carbonyl (C=O) groups excluding carboxylic acids is 2. The van der Waals surface area contributed by atoms with E-state index in [0.29, 0.717) is 23.1 Å². The number of pyridine rings is 2. The summed E-state index contributed by atoms with van der Waals surface area (Å²) >= 11 is 0. The number of benzene rings is 4. The molecule has 9 heteroatoms. The van der Waals surface area contributed by atoms with E-state index in [1.165, 1.54) is 0 Å². The Morgan fingerprint density at radius 1 is 0.508 bits per heavy atom. The molecule has 350 valence electrons. The number of hydrogen-bond donors (Lipinski definition) is 2. The van der Waals surface area contributed by atoms with E-state index < -0.39 is 0 Å². The number of allylic oxidation sites excluding steroid dienone is 4. The largest absolute Gasteiger partial charge is 0.545 e. The zero-order valence-electron chi connectivity index (χ0n) is 39.1. The number of aromatic nitrogens is 2. The normalized spacial score (nSPS) is 11.7. The molecule has 0 radical (unpaired) electrons. The monoisotopic (exact) mass is 1240 g/mol. The Balaban J connectivity index is 0.000000298. The van der Waals surface area contributed by atoms with Gasteiger partial charge in [-0.1, -0.05) is 138 Å². The van der Waals surface area contributed by atoms with Gasteiger partial charge in [0, 0.05) is 65.1 Å². The molecular weight excluding hydrogens is 1170 g/mol. The second-order valence-electron chi connectivity index (χ2n) is 16.1. The number of para-hydroxylation sites is 2. The van der Waals surface area contributed by atoms with Gasteiger partial charge in [-0.05, 0) is 85.7 Å². The molecule has 0 saturated heterocycles. The Bertz CT molecular complexity index is 2490. The Labute approximate surface area is 414 Å². The molecule has 3 aromatic heterocycles. The van der Waals surface area contributed by atoms with E-state index in [9.17, 15) is 19.8 Å². The smallest absolute Gasteiger partial charge is 0.322 e. The average molecular weight is 1240 g/mol. The van der Waals surface area contributed by atoms with E-state index in [4.69, 9.17) is 14.4 Å². The van der Waals surface area contributed by atoms with Crippen molar-refractivity contribution in [3.63, 3.8) is 0 Å². The van der Waals surface area contributed by atoms with Crippen molar-refractivity contribution in [2.75, 3.05) is 0 Å². The van der Waals surface area contributed by atoms with Crippen LogP contribution in [0.3, 0.4) is 0 Å². The summed E-state index contributed by atoms with van der Waals surface area (Å²) in [6.07, 6.45) is 10.4. The van der Waals surface area contributed by atoms with Gasteiger partial charge in [-0.15, -0.1) is 36.4 Å². The molecule has 0 aliphatic rings. The van der Waals surface area contributed by atoms with Crippen LogP contribution in [0.1, 0.15) is 107 Å². The van der Waals surface area contributed by atoms with Crippen LogP contribution in [-0.2, 0) is 42.1 Å². The number of aliphatic hydroxyl groups is 2. The van der Waals surface area contributed by atoms with E-state index in [0.717, 1.165) is 118 Å². The molecule has 0 amide bonds. The van der Waals surface area contributed by atoms with Crippen molar-refractivity contribution in [2.24, 2.45) is 23.7 Å². The molecule has 0 bridgehead atoms. The van der Waals surface area contributed by atoms with E-state index in [-0.39, 0.29) is 65.8 Å². The number of furan rings is 1. The molecule has 4 aromatic carbocycles. The second-order valence-corrected chi connectivity index (χ2v) is 16.1. The quantitative estimate of drug-likeness (QED) is 0.0432. The zero-order chi connectivity index (χ0) is 45.5. The summed E-state index contributed by atoms with van der Waals surface area (Å²) < 4.78 is 6.51. The summed E-state index contributed by atoms with van der Waals surface area (Å²) in [5, 5.41) is 23.9. The van der Waals surface area contributed by atoms with Crippen molar-refractivity contribution in [3.8, 4) is 22.5 Å². The minimum atomic E-state index is 0. The molecule has 7 aromatic rings. The first-order valence-electron chi connectivity index (χ1n) is 23.0. The molecule has 0 spiro atoms. The van der Waals surface area contributed by atoms with Crippen LogP contribution in [0.4, 0.5) is 0 Å². The standard InChI is InChI=1S/C30H16N2O.2C13H24O2.2Pt/c1-3-13-25-19(7-1)15-17-27(31-25)23-11-5-9-21-22-10-6-12-24(30(22)33-29(21)23)28-18-16-20-8-2-4-14-26(20)32-28;2*1-5-10(6-2)12(14)9-13(15)11(7-3)8-4;;/h1-10,13-18H;2*9-11,14H,5-8H2,1-4H3;;/q-2;;;;/p+2/b;2*12-9-;;. The van der Waals surface area contributed by atoms with Gasteiger partial charge in [0.25, 0.3) is 0 Å². The zero-order valence-corrected chi connectivity index (χ0v) is 43.6. The van der Waals surface area contributed by atoms with Gasteiger partial charge in [0.15, 0.2) is 0 Å². The summed E-state index contributed by atoms with van der Waals surface area (Å²) in [4.78, 5) is 29.3. The fourth-order valence-corrected chi connectivity index (χ4v) is 8.10. The van der Waals surface area contributed by atoms with Crippen LogP contribution >= 0.6 is 0 Å². The molecule has 0 atom stereocenters. The van der Waals surface area contributed by atoms with Gasteiger partial charge in [0.1, 0.15) is 11.5 Å². The van der Waals surface area contributed by atoms with Gasteiger partial charge in [-0.25, -0.2) is 0 Å². The molecule has 3 heterocycles. The Hall–Kier alpha value is -4.70. The van der Waals surface area contributed by atoms with Crippen LogP contribution in [0, 0.1) is 35.8 Å². The van der Waals surface area contributed by atoms with Crippen LogP contribution in [0.15, 0.2) is 125 Å². The van der Waals surface area contributed by atoms with Gasteiger partial charge < -0.3 is 14.6 Å². The third-order valence-corrected chi connectivity index (χ3v) is 12.3. The number of ketones is 2. The van der Waals surface area contributed by atoms with Gasteiger partial charge in [-0.3, -0.25) is 19.6 Å². The first-order chi connectivity index (χ1) is 30.5. The molecule has 0 aliphatic carbocycles. The molecule has 0 aliphatic heterocycles. The molecule has 0 unspecified atom stereocenters. The van der Waals surface area contributed by atoms with Crippen molar-refractivity contribution >= 4 is 55.3 Å². The van der Waals surface area contributed by atoms with Crippen LogP contribution in [0.5, 0.6) is 0 Å². The van der Waals surface area contributed by atoms with Crippen molar-refractivity contribution in [1.82, 2.24) is 9.97 Å². The van der Waals surface area contributed by atoms with Crippen molar-refractivity contribution in [2.45, 2.75) is 107 Å². The van der Waals surface area contributed by atoms with E-state index in [1.807, 2.05) is 128 Å². The fourth-order valence-electron chi connectivity index (χ4n) is 8.10. The maximum atomic E-state index is 9.80. The number of fused-ring (bicyclic) bond motifs is 5. The van der Waals surface area contributed by atoms with Crippen molar-refractivity contribution in [1.29, 1.82) is 0 Å². The molecule has 0 fully saturated rings. The Kier molecular flexibility index (Phi) is 22.7. The third-order valence-electron chi connectivity index (χ3n) is 12.3.